The van der Waals surface area contributed by atoms with Crippen LogP contribution in [-0.2, 0) is 12.2 Å². The molecule has 2 N–H and O–H groups in total. The maximum absolute atomic E-state index is 5.88. The molecule has 0 amide bonds. The second kappa shape index (κ2) is 6.96. The smallest absolute Gasteiger partial charge is 0.0234 e. The van der Waals surface area contributed by atoms with Crippen molar-refractivity contribution in [3.05, 3.63) is 64.7 Å². The molecule has 0 heterocycles. The van der Waals surface area contributed by atoms with Gasteiger partial charge >= 0.3 is 0 Å². The fraction of sp³-hybridized carbons (Fsp3) is 0.333. The molecule has 0 spiro atoms. The van der Waals surface area contributed by atoms with E-state index in [1.54, 1.807) is 0 Å². The van der Waals surface area contributed by atoms with Crippen molar-refractivity contribution in [3.63, 3.8) is 0 Å². The first-order valence-corrected chi connectivity index (χ1v) is 8.07. The predicted octanol–water partition coefficient (Wildman–Crippen LogP) is 4.49. The zero-order valence-electron chi connectivity index (χ0n) is 12.5. The number of rotatable bonds is 5. The quantitative estimate of drug-likeness (QED) is 0.819. The molecule has 2 aromatic rings. The number of hydrogen-bond acceptors (Lipinski definition) is 2. The van der Waals surface area contributed by atoms with Crippen molar-refractivity contribution in [2.24, 2.45) is 5.73 Å². The lowest BCUT2D eigenvalue weighted by Gasteiger charge is -2.11. The third-order valence-electron chi connectivity index (χ3n) is 3.51. The molecule has 2 heteroatoms. The Hall–Kier alpha value is -1.25. The van der Waals surface area contributed by atoms with Crippen LogP contribution in [-0.4, -0.2) is 6.04 Å². The number of thioether (sulfide) groups is 1. The van der Waals surface area contributed by atoms with Crippen molar-refractivity contribution in [3.8, 4) is 0 Å². The molecule has 106 valence electrons. The summed E-state index contributed by atoms with van der Waals surface area (Å²) < 4.78 is 0. The van der Waals surface area contributed by atoms with Gasteiger partial charge in [0.2, 0.25) is 0 Å². The standard InChI is InChI=1S/C18H23NS/c1-13-6-4-5-7-17(13)12-20-18-9-8-16(11-15(3)19)14(2)10-18/h4-10,15H,11-12,19H2,1-3H3. The van der Waals surface area contributed by atoms with Gasteiger partial charge in [-0.15, -0.1) is 11.8 Å². The zero-order chi connectivity index (χ0) is 14.5. The number of benzene rings is 2. The van der Waals surface area contributed by atoms with Crippen LogP contribution in [0.15, 0.2) is 47.4 Å². The second-order valence-corrected chi connectivity index (χ2v) is 6.53. The maximum Gasteiger partial charge on any atom is 0.0234 e. The molecular weight excluding hydrogens is 262 g/mol. The molecule has 0 saturated carbocycles. The molecule has 0 aliphatic carbocycles. The van der Waals surface area contributed by atoms with Gasteiger partial charge in [-0.2, -0.15) is 0 Å². The molecule has 2 rings (SSSR count). The summed E-state index contributed by atoms with van der Waals surface area (Å²) in [5, 5.41) is 0. The highest BCUT2D eigenvalue weighted by molar-refractivity contribution is 7.98. The monoisotopic (exact) mass is 285 g/mol. The number of aryl methyl sites for hydroxylation is 2. The molecule has 0 radical (unpaired) electrons. The Morgan fingerprint density at radius 1 is 1.00 bits per heavy atom. The van der Waals surface area contributed by atoms with Crippen LogP contribution in [0.5, 0.6) is 0 Å². The molecule has 0 fully saturated rings. The van der Waals surface area contributed by atoms with Gasteiger partial charge in [0, 0.05) is 16.7 Å². The van der Waals surface area contributed by atoms with Crippen molar-refractivity contribution < 1.29 is 0 Å². The van der Waals surface area contributed by atoms with E-state index in [1.807, 2.05) is 11.8 Å². The Kier molecular flexibility index (Phi) is 5.27. The molecule has 1 nitrogen and oxygen atoms in total. The van der Waals surface area contributed by atoms with Crippen LogP contribution < -0.4 is 5.73 Å². The highest BCUT2D eigenvalue weighted by Crippen LogP contribution is 2.26. The van der Waals surface area contributed by atoms with Crippen molar-refractivity contribution in [2.45, 2.75) is 43.9 Å². The Labute approximate surface area is 126 Å². The first-order chi connectivity index (χ1) is 9.56. The van der Waals surface area contributed by atoms with Crippen molar-refractivity contribution in [1.29, 1.82) is 0 Å². The van der Waals surface area contributed by atoms with Crippen LogP contribution in [0.4, 0.5) is 0 Å². The van der Waals surface area contributed by atoms with Crippen LogP contribution >= 0.6 is 11.8 Å². The normalized spacial score (nSPS) is 12.4. The maximum atomic E-state index is 5.88. The molecule has 2 aromatic carbocycles. The average Bonchev–Trinajstić information content (AvgIpc) is 2.40. The molecule has 0 aliphatic rings. The van der Waals surface area contributed by atoms with Gasteiger partial charge in [-0.25, -0.2) is 0 Å². The molecule has 0 aliphatic heterocycles. The number of nitrogens with two attached hydrogens (primary N) is 1. The van der Waals surface area contributed by atoms with Crippen LogP contribution in [0.1, 0.15) is 29.2 Å². The molecule has 0 aromatic heterocycles. The minimum atomic E-state index is 0.221. The lowest BCUT2D eigenvalue weighted by Crippen LogP contribution is -2.18. The van der Waals surface area contributed by atoms with Crippen molar-refractivity contribution in [1.82, 2.24) is 0 Å². The Morgan fingerprint density at radius 2 is 1.75 bits per heavy atom. The summed E-state index contributed by atoms with van der Waals surface area (Å²) in [7, 11) is 0. The SMILES string of the molecule is Cc1ccccc1CSc1ccc(CC(C)N)c(C)c1. The second-order valence-electron chi connectivity index (χ2n) is 5.48. The van der Waals surface area contributed by atoms with E-state index in [0.717, 1.165) is 12.2 Å². The lowest BCUT2D eigenvalue weighted by atomic mass is 10.0. The van der Waals surface area contributed by atoms with Crippen LogP contribution in [0.3, 0.4) is 0 Å². The summed E-state index contributed by atoms with van der Waals surface area (Å²) in [4.78, 5) is 1.33. The highest BCUT2D eigenvalue weighted by atomic mass is 32.2. The third-order valence-corrected chi connectivity index (χ3v) is 4.55. The highest BCUT2D eigenvalue weighted by Gasteiger charge is 2.04. The Morgan fingerprint density at radius 3 is 2.40 bits per heavy atom. The molecule has 1 atom stereocenters. The Balaban J connectivity index is 2.04. The zero-order valence-corrected chi connectivity index (χ0v) is 13.3. The topological polar surface area (TPSA) is 26.0 Å². The minimum Gasteiger partial charge on any atom is -0.328 e. The third kappa shape index (κ3) is 4.12. The van der Waals surface area contributed by atoms with Gasteiger partial charge in [0.05, 0.1) is 0 Å². The van der Waals surface area contributed by atoms with E-state index >= 15 is 0 Å². The van der Waals surface area contributed by atoms with E-state index in [2.05, 4.69) is 63.2 Å². The van der Waals surface area contributed by atoms with E-state index in [0.29, 0.717) is 0 Å². The van der Waals surface area contributed by atoms with Gasteiger partial charge in [-0.05, 0) is 61.6 Å². The van der Waals surface area contributed by atoms with E-state index in [-0.39, 0.29) is 6.04 Å². The van der Waals surface area contributed by atoms with Crippen LogP contribution in [0, 0.1) is 13.8 Å². The van der Waals surface area contributed by atoms with Crippen LogP contribution in [0.2, 0.25) is 0 Å². The molecule has 20 heavy (non-hydrogen) atoms. The van der Waals surface area contributed by atoms with Gasteiger partial charge < -0.3 is 5.73 Å². The van der Waals surface area contributed by atoms with Gasteiger partial charge in [-0.1, -0.05) is 30.3 Å². The average molecular weight is 285 g/mol. The number of hydrogen-bond donors (Lipinski definition) is 1. The molecular formula is C18H23NS. The summed E-state index contributed by atoms with van der Waals surface area (Å²) in [6, 6.07) is 15.5. The first kappa shape index (κ1) is 15.1. The van der Waals surface area contributed by atoms with Crippen molar-refractivity contribution in [2.75, 3.05) is 0 Å². The van der Waals surface area contributed by atoms with Crippen molar-refractivity contribution >= 4 is 11.8 Å². The van der Waals surface area contributed by atoms with Gasteiger partial charge in [-0.3, -0.25) is 0 Å². The summed E-state index contributed by atoms with van der Waals surface area (Å²) in [5.74, 6) is 1.03. The Bertz CT molecular complexity index is 575. The predicted molar refractivity (Wildman–Crippen MR) is 89.3 cm³/mol. The molecule has 1 unspecified atom stereocenters. The summed E-state index contributed by atoms with van der Waals surface area (Å²) in [5.41, 5.74) is 11.4. The van der Waals surface area contributed by atoms with Gasteiger partial charge in [0.1, 0.15) is 0 Å². The first-order valence-electron chi connectivity index (χ1n) is 7.08. The van der Waals surface area contributed by atoms with E-state index in [1.165, 1.54) is 27.1 Å². The fourth-order valence-corrected chi connectivity index (χ4v) is 3.34. The van der Waals surface area contributed by atoms with E-state index < -0.39 is 0 Å². The van der Waals surface area contributed by atoms with Crippen LogP contribution in [0.25, 0.3) is 0 Å². The van der Waals surface area contributed by atoms with Gasteiger partial charge in [0.25, 0.3) is 0 Å². The summed E-state index contributed by atoms with van der Waals surface area (Å²) in [6.45, 7) is 6.41. The minimum absolute atomic E-state index is 0.221. The summed E-state index contributed by atoms with van der Waals surface area (Å²) >= 11 is 1.90. The molecule has 0 bridgehead atoms. The lowest BCUT2D eigenvalue weighted by molar-refractivity contribution is 0.734. The largest absolute Gasteiger partial charge is 0.328 e. The van der Waals surface area contributed by atoms with E-state index in [4.69, 9.17) is 5.73 Å². The van der Waals surface area contributed by atoms with E-state index in [9.17, 15) is 0 Å². The van der Waals surface area contributed by atoms with Gasteiger partial charge in [0.15, 0.2) is 0 Å². The molecule has 0 saturated heterocycles. The summed E-state index contributed by atoms with van der Waals surface area (Å²) in [6.07, 6.45) is 0.953. The fourth-order valence-electron chi connectivity index (χ4n) is 2.27.